The van der Waals surface area contributed by atoms with Gasteiger partial charge in [-0.25, -0.2) is 14.4 Å². The van der Waals surface area contributed by atoms with Crippen molar-refractivity contribution < 1.29 is 77.0 Å². The Morgan fingerprint density at radius 1 is 0.893 bits per heavy atom. The first-order valence-corrected chi connectivity index (χ1v) is 29.3. The molecule has 0 saturated carbocycles. The normalized spacial score (nSPS) is 23.9. The maximum Gasteiger partial charge on any atom is 0.410 e. The van der Waals surface area contributed by atoms with E-state index in [1.807, 2.05) is 32.9 Å². The zero-order valence-corrected chi connectivity index (χ0v) is 50.2. The zero-order valence-electron chi connectivity index (χ0n) is 50.2. The van der Waals surface area contributed by atoms with Gasteiger partial charge in [0, 0.05) is 88.9 Å². The van der Waals surface area contributed by atoms with Crippen LogP contribution in [0, 0.1) is 23.7 Å². The van der Waals surface area contributed by atoms with E-state index in [2.05, 4.69) is 41.2 Å². The molecular weight excluding hydrogens is 1090 g/mol. The topological polar surface area (TPSA) is 327 Å². The van der Waals surface area contributed by atoms with E-state index < -0.39 is 72.5 Å². The van der Waals surface area contributed by atoms with Crippen molar-refractivity contribution in [2.45, 2.75) is 181 Å². The number of aliphatic hydroxyl groups excluding tert-OH is 1. The summed E-state index contributed by atoms with van der Waals surface area (Å²) in [6, 6.07) is 3.76. The van der Waals surface area contributed by atoms with E-state index in [0.717, 1.165) is 16.9 Å². The number of imide groups is 1. The third-order valence-electron chi connectivity index (χ3n) is 15.9. The molecule has 0 unspecified atom stereocenters. The highest BCUT2D eigenvalue weighted by molar-refractivity contribution is 6.12. The van der Waals surface area contributed by atoms with Gasteiger partial charge in [-0.1, -0.05) is 71.4 Å². The van der Waals surface area contributed by atoms with Gasteiger partial charge in [0.2, 0.25) is 17.7 Å². The summed E-state index contributed by atoms with van der Waals surface area (Å²) in [5, 5.41) is 30.7. The predicted octanol–water partition coefficient (Wildman–Crippen LogP) is 5.32. The number of carboxylic acids is 1. The number of carbonyl (C=O) groups is 9. The lowest BCUT2D eigenvalue weighted by Gasteiger charge is -2.40. The van der Waals surface area contributed by atoms with Crippen molar-refractivity contribution in [2.24, 2.45) is 29.4 Å². The summed E-state index contributed by atoms with van der Waals surface area (Å²) in [5.74, 6) is -3.78. The maximum absolute atomic E-state index is 13.8. The van der Waals surface area contributed by atoms with Crippen LogP contribution in [0.5, 0.6) is 0 Å². The van der Waals surface area contributed by atoms with Gasteiger partial charge < -0.3 is 70.7 Å². The van der Waals surface area contributed by atoms with Crippen molar-refractivity contribution in [3.63, 3.8) is 0 Å². The van der Waals surface area contributed by atoms with Gasteiger partial charge in [-0.3, -0.25) is 33.7 Å². The number of anilines is 1. The number of aliphatic carboxylic acids is 1. The van der Waals surface area contributed by atoms with Crippen LogP contribution in [0.1, 0.15) is 125 Å². The molecule has 4 aliphatic rings. The number of aliphatic hydroxyl groups is 1. The third-order valence-corrected chi connectivity index (χ3v) is 15.9. The van der Waals surface area contributed by atoms with Gasteiger partial charge in [0.1, 0.15) is 24.8 Å². The molecule has 0 radical (unpaired) electrons. The number of hydrogen-bond donors (Lipinski definition) is 7. The van der Waals surface area contributed by atoms with Gasteiger partial charge in [-0.05, 0) is 94.4 Å². The minimum Gasteiger partial charge on any atom is -0.481 e. The van der Waals surface area contributed by atoms with E-state index in [9.17, 15) is 53.4 Å². The SMILES string of the molecule is CO[C@H]([C@@H](C)[C@H]1O[C@]1(C)C[C@H](C)/C=C/C=C(\C)[C@H]1O[C@@H](CC(=O)O)C[C@@H](OC(=O)N2CCCN(C(=O)OCc3ccc(NC(=O)[C@@H](CCCNC(N)=O)NC(=O)[C@H](NC(=O)CCCCCN4C(=O)C=CC4=O)C(C)C)cc3)CC2)[C@@H]1C)[C@@H](C)O. The van der Waals surface area contributed by atoms with Crippen molar-refractivity contribution >= 4 is 59.4 Å². The second kappa shape index (κ2) is 32.4. The number of nitrogens with zero attached hydrogens (tertiary/aromatic N) is 3. The predicted molar refractivity (Wildman–Crippen MR) is 309 cm³/mol. The second-order valence-corrected chi connectivity index (χ2v) is 23.2. The molecule has 4 heterocycles. The van der Waals surface area contributed by atoms with Gasteiger partial charge >= 0.3 is 24.2 Å². The number of carboxylic acid groups (broad SMARTS) is 1. The quantitative estimate of drug-likeness (QED) is 0.0222. The first-order chi connectivity index (χ1) is 39.8. The van der Waals surface area contributed by atoms with Crippen LogP contribution in [0.4, 0.5) is 20.1 Å². The fourth-order valence-electron chi connectivity index (χ4n) is 11.2. The number of ether oxygens (including phenoxy) is 5. The van der Waals surface area contributed by atoms with E-state index in [1.54, 1.807) is 52.1 Å². The summed E-state index contributed by atoms with van der Waals surface area (Å²) in [5.41, 5.74) is 6.71. The van der Waals surface area contributed by atoms with Crippen LogP contribution in [0.3, 0.4) is 0 Å². The van der Waals surface area contributed by atoms with Crippen molar-refractivity contribution in [1.82, 2.24) is 30.7 Å². The monoisotopic (exact) mass is 1180 g/mol. The molecule has 4 aliphatic heterocycles. The molecule has 24 nitrogen and oxygen atoms in total. The lowest BCUT2D eigenvalue weighted by atomic mass is 9.85. The van der Waals surface area contributed by atoms with Crippen LogP contribution >= 0.6 is 0 Å². The molecule has 1 aromatic carbocycles. The Balaban J connectivity index is 1.09. The average Bonchev–Trinajstić information content (AvgIpc) is 2.02. The largest absolute Gasteiger partial charge is 0.481 e. The number of allylic oxidation sites excluding steroid dienone is 3. The highest BCUT2D eigenvalue weighted by Gasteiger charge is 2.57. The summed E-state index contributed by atoms with van der Waals surface area (Å²) in [7, 11) is 1.59. The maximum atomic E-state index is 13.8. The Morgan fingerprint density at radius 3 is 2.18 bits per heavy atom. The molecule has 3 saturated heterocycles. The fourth-order valence-corrected chi connectivity index (χ4v) is 11.2. The van der Waals surface area contributed by atoms with Crippen LogP contribution in [0.25, 0.3) is 0 Å². The third kappa shape index (κ3) is 20.7. The summed E-state index contributed by atoms with van der Waals surface area (Å²) < 4.78 is 29.8. The number of amides is 9. The molecule has 84 heavy (non-hydrogen) atoms. The number of hydrogen-bond acceptors (Lipinski definition) is 15. The summed E-state index contributed by atoms with van der Waals surface area (Å²) in [6.07, 6.45) is 7.57. The minimum absolute atomic E-state index is 0.00586. The molecular formula is C60H90N8O16. The van der Waals surface area contributed by atoms with Gasteiger partial charge in [0.15, 0.2) is 0 Å². The van der Waals surface area contributed by atoms with Gasteiger partial charge in [-0.15, -0.1) is 0 Å². The van der Waals surface area contributed by atoms with Crippen molar-refractivity contribution in [3.8, 4) is 0 Å². The van der Waals surface area contributed by atoms with Crippen LogP contribution in [-0.2, 0) is 59.1 Å². The number of urea groups is 1. The van der Waals surface area contributed by atoms with Gasteiger partial charge in [0.05, 0.1) is 42.5 Å². The molecule has 3 fully saturated rings. The van der Waals surface area contributed by atoms with Crippen LogP contribution in [-0.4, -0.2) is 179 Å². The molecule has 9 amide bonds. The number of epoxide rings is 1. The molecule has 24 heteroatoms. The zero-order chi connectivity index (χ0) is 61.8. The van der Waals surface area contributed by atoms with Gasteiger partial charge in [0.25, 0.3) is 11.8 Å². The van der Waals surface area contributed by atoms with E-state index in [1.165, 1.54) is 22.0 Å². The number of unbranched alkanes of at least 4 members (excludes halogenated alkanes) is 2. The number of carbonyl (C=O) groups excluding carboxylic acids is 8. The number of nitrogens with one attached hydrogen (secondary N) is 4. The number of primary amides is 1. The smallest absolute Gasteiger partial charge is 0.410 e. The molecule has 0 bridgehead atoms. The molecule has 1 aromatic rings. The first kappa shape index (κ1) is 67.9. The van der Waals surface area contributed by atoms with E-state index in [4.69, 9.17) is 29.4 Å². The Kier molecular flexibility index (Phi) is 26.2. The summed E-state index contributed by atoms with van der Waals surface area (Å²) >= 11 is 0. The lowest BCUT2D eigenvalue weighted by molar-refractivity contribution is -0.151. The molecule has 0 aliphatic carbocycles. The van der Waals surface area contributed by atoms with E-state index >= 15 is 0 Å². The van der Waals surface area contributed by atoms with Crippen LogP contribution in [0.2, 0.25) is 0 Å². The van der Waals surface area contributed by atoms with Crippen molar-refractivity contribution in [1.29, 1.82) is 0 Å². The summed E-state index contributed by atoms with van der Waals surface area (Å²) in [6.45, 7) is 16.5. The van der Waals surface area contributed by atoms with Crippen LogP contribution in [0.15, 0.2) is 60.2 Å². The average molecular weight is 1180 g/mol. The fraction of sp³-hybridized carbons (Fsp3) is 0.650. The molecule has 466 valence electrons. The Morgan fingerprint density at radius 2 is 1.56 bits per heavy atom. The van der Waals surface area contributed by atoms with Crippen LogP contribution < -0.4 is 27.0 Å². The first-order valence-electron chi connectivity index (χ1n) is 29.3. The number of methoxy groups -OCH3 is 1. The Hall–Kier alpha value is -6.89. The highest BCUT2D eigenvalue weighted by atomic mass is 16.6. The molecule has 0 aromatic heterocycles. The molecule has 12 atom stereocenters. The Bertz CT molecular complexity index is 2520. The second-order valence-electron chi connectivity index (χ2n) is 23.2. The Labute approximate surface area is 492 Å². The minimum atomic E-state index is -1.08. The van der Waals surface area contributed by atoms with E-state index in [0.29, 0.717) is 50.0 Å². The van der Waals surface area contributed by atoms with E-state index in [-0.39, 0.29) is 124 Å². The summed E-state index contributed by atoms with van der Waals surface area (Å²) in [4.78, 5) is 118. The highest BCUT2D eigenvalue weighted by Crippen LogP contribution is 2.47. The van der Waals surface area contributed by atoms with Crippen molar-refractivity contribution in [2.75, 3.05) is 51.7 Å². The number of benzene rings is 1. The van der Waals surface area contributed by atoms with Crippen molar-refractivity contribution in [3.05, 3.63) is 65.8 Å². The standard InChI is InChI=1S/C60H90N8O16/c1-36(2)51(65-47(70)19-11-10-12-29-68-48(71)24-25-49(68)72)56(76)64-45(18-14-26-62-57(61)77)55(75)63-43-22-20-42(21-23-43)35-81-58(78)66-27-15-28-67(31-30-66)59(79)83-46-32-44(33-50(73)74)82-52(39(46)5)38(4)17-13-16-37(3)34-60(8)54(84-60)40(6)53(80-9)41(7)69/h13,16-17,20-25,36-37,39-41,44-46,51-54,69H,10-12,14-15,18-19,26-35H2,1-9H3,(H,63,75)(H,64,76)(H,65,70)(H,73,74)(H3,61,62,77)/b16-13+,38-17+/t37-,39+,40-,41-,44-,45-,46-,51-,52-,53-,54-,60-/m1/s1. The molecule has 8 N–H and O–H groups in total. The number of nitrogens with two attached hydrogens (primary N) is 1. The van der Waals surface area contributed by atoms with Gasteiger partial charge in [-0.2, -0.15) is 0 Å². The molecule has 0 spiro atoms. The lowest BCUT2D eigenvalue weighted by Crippen LogP contribution is -2.54. The molecule has 5 rings (SSSR count). The number of rotatable bonds is 30.